The highest BCUT2D eigenvalue weighted by Gasteiger charge is 2.35. The number of carbonyl (C=O) groups excluding carboxylic acids is 2. The van der Waals surface area contributed by atoms with Gasteiger partial charge in [-0.15, -0.1) is 0 Å². The molecule has 0 radical (unpaired) electrons. The Balaban J connectivity index is 1.51. The number of rotatable bonds is 3. The molecular formula is C20H19N3O3. The van der Waals surface area contributed by atoms with Crippen molar-refractivity contribution in [2.45, 2.75) is 20.3 Å². The van der Waals surface area contributed by atoms with Gasteiger partial charge in [-0.1, -0.05) is 12.1 Å². The van der Waals surface area contributed by atoms with Crippen LogP contribution in [0, 0.1) is 19.8 Å². The second kappa shape index (κ2) is 6.29. The van der Waals surface area contributed by atoms with E-state index >= 15 is 0 Å². The molecule has 2 aromatic carbocycles. The monoisotopic (exact) mass is 349 g/mol. The first-order valence-corrected chi connectivity index (χ1v) is 8.55. The van der Waals surface area contributed by atoms with Crippen molar-refractivity contribution in [2.75, 3.05) is 16.8 Å². The molecule has 1 atom stereocenters. The van der Waals surface area contributed by atoms with Crippen LogP contribution >= 0.6 is 0 Å². The van der Waals surface area contributed by atoms with E-state index in [0.717, 1.165) is 16.9 Å². The van der Waals surface area contributed by atoms with Gasteiger partial charge in [0.05, 0.1) is 5.92 Å². The minimum absolute atomic E-state index is 0.0611. The van der Waals surface area contributed by atoms with Crippen molar-refractivity contribution < 1.29 is 14.0 Å². The Morgan fingerprint density at radius 1 is 1.23 bits per heavy atom. The van der Waals surface area contributed by atoms with Gasteiger partial charge in [0.1, 0.15) is 5.52 Å². The molecule has 1 N–H and O–H groups in total. The molecule has 0 saturated carbocycles. The number of carbonyl (C=O) groups is 2. The van der Waals surface area contributed by atoms with E-state index in [-0.39, 0.29) is 24.2 Å². The zero-order valence-corrected chi connectivity index (χ0v) is 14.7. The number of hydrogen-bond donors (Lipinski definition) is 1. The Labute approximate surface area is 150 Å². The fraction of sp³-hybridized carbons (Fsp3) is 0.250. The van der Waals surface area contributed by atoms with Crippen LogP contribution in [0.3, 0.4) is 0 Å². The van der Waals surface area contributed by atoms with Gasteiger partial charge < -0.3 is 14.6 Å². The molecule has 2 amide bonds. The van der Waals surface area contributed by atoms with E-state index < -0.39 is 0 Å². The average Bonchev–Trinajstić information content (AvgIpc) is 3.16. The molecule has 0 aliphatic carbocycles. The normalized spacial score (nSPS) is 17.1. The Bertz CT molecular complexity index is 1010. The third-order valence-electron chi connectivity index (χ3n) is 4.57. The number of oxazole rings is 1. The molecule has 1 aliphatic heterocycles. The smallest absolute Gasteiger partial charge is 0.229 e. The lowest BCUT2D eigenvalue weighted by Crippen LogP contribution is -2.28. The second-order valence-electron chi connectivity index (χ2n) is 6.65. The molecule has 6 nitrogen and oxygen atoms in total. The fourth-order valence-electron chi connectivity index (χ4n) is 3.30. The maximum Gasteiger partial charge on any atom is 0.229 e. The van der Waals surface area contributed by atoms with Crippen LogP contribution in [0.15, 0.2) is 46.9 Å². The van der Waals surface area contributed by atoms with Crippen LogP contribution in [0.1, 0.15) is 17.9 Å². The van der Waals surface area contributed by atoms with Crippen LogP contribution in [0.2, 0.25) is 0 Å². The molecule has 6 heteroatoms. The van der Waals surface area contributed by atoms with Gasteiger partial charge in [-0.05, 0) is 42.8 Å². The minimum Gasteiger partial charge on any atom is -0.441 e. The van der Waals surface area contributed by atoms with Crippen molar-refractivity contribution in [3.05, 3.63) is 53.9 Å². The molecule has 0 unspecified atom stereocenters. The third kappa shape index (κ3) is 3.06. The molecule has 132 valence electrons. The lowest BCUT2D eigenvalue weighted by Gasteiger charge is -2.16. The first-order valence-electron chi connectivity index (χ1n) is 8.55. The number of hydrogen-bond acceptors (Lipinski definition) is 4. The topological polar surface area (TPSA) is 75.4 Å². The van der Waals surface area contributed by atoms with Crippen LogP contribution in [0.5, 0.6) is 0 Å². The highest BCUT2D eigenvalue weighted by molar-refractivity contribution is 6.04. The maximum atomic E-state index is 12.5. The molecular weight excluding hydrogens is 330 g/mol. The lowest BCUT2D eigenvalue weighted by molar-refractivity contribution is -0.122. The van der Waals surface area contributed by atoms with Crippen LogP contribution in [0.4, 0.5) is 11.4 Å². The molecule has 1 fully saturated rings. The summed E-state index contributed by atoms with van der Waals surface area (Å²) < 4.78 is 5.47. The van der Waals surface area contributed by atoms with Gasteiger partial charge in [-0.3, -0.25) is 9.59 Å². The van der Waals surface area contributed by atoms with Crippen molar-refractivity contribution in [1.29, 1.82) is 0 Å². The third-order valence-corrected chi connectivity index (χ3v) is 4.57. The van der Waals surface area contributed by atoms with Crippen molar-refractivity contribution in [3.8, 4) is 0 Å². The average molecular weight is 349 g/mol. The molecule has 4 rings (SSSR count). The zero-order valence-electron chi connectivity index (χ0n) is 14.7. The predicted octanol–water partition coefficient (Wildman–Crippen LogP) is 3.44. The summed E-state index contributed by atoms with van der Waals surface area (Å²) in [7, 11) is 0. The van der Waals surface area contributed by atoms with Gasteiger partial charge >= 0.3 is 0 Å². The van der Waals surface area contributed by atoms with Crippen molar-refractivity contribution in [2.24, 2.45) is 5.92 Å². The highest BCUT2D eigenvalue weighted by atomic mass is 16.3. The summed E-state index contributed by atoms with van der Waals surface area (Å²) in [5.41, 5.74) is 3.96. The van der Waals surface area contributed by atoms with E-state index in [9.17, 15) is 9.59 Å². The number of aryl methyl sites for hydroxylation is 2. The number of nitrogens with one attached hydrogen (secondary N) is 1. The van der Waals surface area contributed by atoms with Crippen LogP contribution in [-0.4, -0.2) is 23.3 Å². The molecule has 0 spiro atoms. The van der Waals surface area contributed by atoms with E-state index in [1.165, 1.54) is 0 Å². The van der Waals surface area contributed by atoms with Crippen LogP contribution in [0.25, 0.3) is 11.1 Å². The van der Waals surface area contributed by atoms with Gasteiger partial charge in [0, 0.05) is 31.3 Å². The van der Waals surface area contributed by atoms with Gasteiger partial charge in [-0.2, -0.15) is 0 Å². The molecule has 3 aromatic rings. The molecule has 26 heavy (non-hydrogen) atoms. The fourth-order valence-corrected chi connectivity index (χ4v) is 3.30. The minimum atomic E-state index is -0.377. The summed E-state index contributed by atoms with van der Waals surface area (Å²) in [6.45, 7) is 4.11. The molecule has 1 aliphatic rings. The van der Waals surface area contributed by atoms with Crippen molar-refractivity contribution >= 4 is 34.3 Å². The first kappa shape index (κ1) is 16.3. The van der Waals surface area contributed by atoms with Crippen molar-refractivity contribution in [3.63, 3.8) is 0 Å². The summed E-state index contributed by atoms with van der Waals surface area (Å²) in [6.07, 6.45) is 0.202. The van der Waals surface area contributed by atoms with Gasteiger partial charge in [0.2, 0.25) is 11.8 Å². The standard InChI is InChI=1S/C20H19N3O3/c1-12-4-3-5-15(8-12)22-20(25)14-9-19(24)23(11-14)16-6-7-18-17(10-16)21-13(2)26-18/h3-8,10,14H,9,11H2,1-2H3,(H,22,25)/t14-/m0/s1. The summed E-state index contributed by atoms with van der Waals surface area (Å²) >= 11 is 0. The molecule has 1 saturated heterocycles. The van der Waals surface area contributed by atoms with Crippen LogP contribution < -0.4 is 10.2 Å². The van der Waals surface area contributed by atoms with E-state index in [1.807, 2.05) is 43.3 Å². The SMILES string of the molecule is Cc1cccc(NC(=O)[C@H]2CC(=O)N(c3ccc4oc(C)nc4c3)C2)c1. The van der Waals surface area contributed by atoms with E-state index in [1.54, 1.807) is 17.9 Å². The number of benzene rings is 2. The quantitative estimate of drug-likeness (QED) is 0.786. The Morgan fingerprint density at radius 2 is 2.08 bits per heavy atom. The zero-order chi connectivity index (χ0) is 18.3. The number of amides is 2. The maximum absolute atomic E-state index is 12.5. The lowest BCUT2D eigenvalue weighted by atomic mass is 10.1. The summed E-state index contributed by atoms with van der Waals surface area (Å²) in [4.78, 5) is 30.9. The van der Waals surface area contributed by atoms with Gasteiger partial charge in [0.25, 0.3) is 0 Å². The number of aromatic nitrogens is 1. The predicted molar refractivity (Wildman–Crippen MR) is 99.0 cm³/mol. The molecule has 0 bridgehead atoms. The van der Waals surface area contributed by atoms with Crippen LogP contribution in [-0.2, 0) is 9.59 Å². The first-order chi connectivity index (χ1) is 12.5. The van der Waals surface area contributed by atoms with Gasteiger partial charge in [-0.25, -0.2) is 4.98 Å². The summed E-state index contributed by atoms with van der Waals surface area (Å²) in [5.74, 6) is 0.0110. The molecule has 2 heterocycles. The van der Waals surface area contributed by atoms with E-state index in [2.05, 4.69) is 10.3 Å². The molecule has 1 aromatic heterocycles. The number of anilines is 2. The number of nitrogens with zero attached hydrogens (tertiary/aromatic N) is 2. The Hall–Kier alpha value is -3.15. The number of fused-ring (bicyclic) bond motifs is 1. The van der Waals surface area contributed by atoms with E-state index in [0.29, 0.717) is 23.5 Å². The summed E-state index contributed by atoms with van der Waals surface area (Å²) in [6, 6.07) is 13.1. The van der Waals surface area contributed by atoms with E-state index in [4.69, 9.17) is 4.42 Å². The summed E-state index contributed by atoms with van der Waals surface area (Å²) in [5, 5.41) is 2.91. The Morgan fingerprint density at radius 3 is 2.88 bits per heavy atom. The second-order valence-corrected chi connectivity index (χ2v) is 6.65. The largest absolute Gasteiger partial charge is 0.441 e. The Kier molecular flexibility index (Phi) is 3.95. The highest BCUT2D eigenvalue weighted by Crippen LogP contribution is 2.29. The van der Waals surface area contributed by atoms with Gasteiger partial charge in [0.15, 0.2) is 11.5 Å². The van der Waals surface area contributed by atoms with Crippen molar-refractivity contribution in [1.82, 2.24) is 4.98 Å².